The van der Waals surface area contributed by atoms with Gasteiger partial charge in [-0.1, -0.05) is 0 Å². The largest absolute Gasteiger partial charge is 0.451 e. The van der Waals surface area contributed by atoms with E-state index in [0.717, 1.165) is 17.3 Å². The Hall–Kier alpha value is -2.85. The van der Waals surface area contributed by atoms with Crippen molar-refractivity contribution in [3.63, 3.8) is 0 Å². The lowest BCUT2D eigenvalue weighted by atomic mass is 9.94. The van der Waals surface area contributed by atoms with Crippen LogP contribution in [0.2, 0.25) is 0 Å². The first-order valence-electron chi connectivity index (χ1n) is 9.35. The van der Waals surface area contributed by atoms with Crippen molar-refractivity contribution in [3.8, 4) is 10.6 Å². The normalized spacial score (nSPS) is 13.2. The maximum absolute atomic E-state index is 12.9. The van der Waals surface area contributed by atoms with Crippen LogP contribution in [0.15, 0.2) is 36.8 Å². The van der Waals surface area contributed by atoms with Gasteiger partial charge in [-0.05, 0) is 51.5 Å². The summed E-state index contributed by atoms with van der Waals surface area (Å²) < 4.78 is 37.9. The molecule has 0 aliphatic carbocycles. The molecule has 1 aromatic carbocycles. The van der Waals surface area contributed by atoms with E-state index < -0.39 is 29.6 Å². The van der Waals surface area contributed by atoms with Gasteiger partial charge in [-0.15, -0.1) is 11.3 Å². The minimum Gasteiger partial charge on any atom is -0.386 e. The summed E-state index contributed by atoms with van der Waals surface area (Å²) in [6, 6.07) is 4.39. The number of halogens is 3. The second-order valence-electron chi connectivity index (χ2n) is 7.67. The molecule has 2 heterocycles. The van der Waals surface area contributed by atoms with Crippen LogP contribution in [0.3, 0.4) is 0 Å². The summed E-state index contributed by atoms with van der Waals surface area (Å²) in [5.74, 6) is -1.69. The van der Waals surface area contributed by atoms with Crippen molar-refractivity contribution in [2.75, 3.05) is 0 Å². The number of carbonyl (C=O) groups is 1. The minimum atomic E-state index is -4.63. The highest BCUT2D eigenvalue weighted by Gasteiger charge is 2.34. The van der Waals surface area contributed by atoms with Crippen LogP contribution in [0.4, 0.5) is 13.2 Å². The summed E-state index contributed by atoms with van der Waals surface area (Å²) in [4.78, 5) is 24.9. The predicted octanol–water partition coefficient (Wildman–Crippen LogP) is 4.65. The van der Waals surface area contributed by atoms with E-state index in [-0.39, 0.29) is 0 Å². The van der Waals surface area contributed by atoms with Gasteiger partial charge in [0.05, 0.1) is 11.6 Å². The number of amides is 1. The fraction of sp³-hybridized carbons (Fsp3) is 0.333. The van der Waals surface area contributed by atoms with Gasteiger partial charge in [0.15, 0.2) is 0 Å². The molecule has 0 fully saturated rings. The molecule has 0 saturated heterocycles. The molecule has 1 amide bonds. The van der Waals surface area contributed by atoms with Gasteiger partial charge in [0.2, 0.25) is 5.82 Å². The Morgan fingerprint density at radius 2 is 1.74 bits per heavy atom. The van der Waals surface area contributed by atoms with E-state index in [1.807, 2.05) is 6.92 Å². The number of nitrogens with zero attached hydrogens (tertiary/aromatic N) is 3. The minimum absolute atomic E-state index is 0.294. The quantitative estimate of drug-likeness (QED) is 0.591. The van der Waals surface area contributed by atoms with Gasteiger partial charge in [0.25, 0.3) is 5.91 Å². The van der Waals surface area contributed by atoms with E-state index >= 15 is 0 Å². The number of thiazole rings is 1. The van der Waals surface area contributed by atoms with Gasteiger partial charge < -0.3 is 10.4 Å². The van der Waals surface area contributed by atoms with Crippen molar-refractivity contribution < 1.29 is 23.1 Å². The standard InChI is InChI=1S/C21H21F3N4O2S/c1-11-8-25-18(31-11)14-5-13(6-16(7-14)20(3,4)30)17(29)28-12(2)15-9-26-19(27-10-15)21(22,23)24/h5-10,12,30H,1-4H3,(H,28,29)/t12-/m1/s1. The second kappa shape index (κ2) is 8.35. The highest BCUT2D eigenvalue weighted by Crippen LogP contribution is 2.31. The smallest absolute Gasteiger partial charge is 0.386 e. The van der Waals surface area contributed by atoms with Crippen molar-refractivity contribution in [1.29, 1.82) is 0 Å². The summed E-state index contributed by atoms with van der Waals surface area (Å²) in [5, 5.41) is 13.9. The molecule has 3 rings (SSSR count). The SMILES string of the molecule is Cc1cnc(-c2cc(C(=O)N[C@H](C)c3cnc(C(F)(F)F)nc3)cc(C(C)(C)O)c2)s1. The Morgan fingerprint density at radius 3 is 2.26 bits per heavy atom. The topological polar surface area (TPSA) is 88.0 Å². The first-order valence-corrected chi connectivity index (χ1v) is 10.2. The van der Waals surface area contributed by atoms with E-state index in [1.165, 1.54) is 11.3 Å². The Bertz CT molecular complexity index is 1090. The molecule has 1 atom stereocenters. The molecule has 6 nitrogen and oxygen atoms in total. The Labute approximate surface area is 181 Å². The van der Waals surface area contributed by atoms with Gasteiger partial charge in [-0.2, -0.15) is 13.2 Å². The molecule has 0 spiro atoms. The molecule has 0 aliphatic heterocycles. The van der Waals surface area contributed by atoms with E-state index in [1.54, 1.807) is 45.2 Å². The average molecular weight is 450 g/mol. The molecule has 0 unspecified atom stereocenters. The molecular formula is C21H21F3N4O2S. The number of aryl methyl sites for hydroxylation is 1. The predicted molar refractivity (Wildman–Crippen MR) is 110 cm³/mol. The van der Waals surface area contributed by atoms with E-state index in [0.29, 0.717) is 27.3 Å². The van der Waals surface area contributed by atoms with E-state index in [4.69, 9.17) is 0 Å². The first kappa shape index (κ1) is 22.8. The van der Waals surface area contributed by atoms with Crippen LogP contribution in [-0.4, -0.2) is 26.0 Å². The molecule has 10 heteroatoms. The third-order valence-corrected chi connectivity index (χ3v) is 5.50. The number of nitrogens with one attached hydrogen (secondary N) is 1. The number of alkyl halides is 3. The van der Waals surface area contributed by atoms with Gasteiger partial charge >= 0.3 is 6.18 Å². The number of rotatable bonds is 5. The second-order valence-corrected chi connectivity index (χ2v) is 8.90. The maximum Gasteiger partial charge on any atom is 0.451 e. The molecule has 2 N–H and O–H groups in total. The molecule has 0 radical (unpaired) electrons. The van der Waals surface area contributed by atoms with Crippen LogP contribution in [0, 0.1) is 6.92 Å². The summed E-state index contributed by atoms with van der Waals surface area (Å²) in [6.07, 6.45) is -0.827. The summed E-state index contributed by atoms with van der Waals surface area (Å²) in [7, 11) is 0. The zero-order chi connectivity index (χ0) is 23.0. The molecule has 31 heavy (non-hydrogen) atoms. The van der Waals surface area contributed by atoms with Crippen LogP contribution >= 0.6 is 11.3 Å². The molecule has 164 valence electrons. The van der Waals surface area contributed by atoms with Gasteiger partial charge in [0.1, 0.15) is 5.01 Å². The molecule has 0 aliphatic rings. The Kier molecular flexibility index (Phi) is 6.15. The monoisotopic (exact) mass is 450 g/mol. The highest BCUT2D eigenvalue weighted by molar-refractivity contribution is 7.14. The van der Waals surface area contributed by atoms with Gasteiger partial charge in [0, 0.05) is 40.2 Å². The Morgan fingerprint density at radius 1 is 1.10 bits per heavy atom. The number of hydrogen-bond donors (Lipinski definition) is 2. The summed E-state index contributed by atoms with van der Waals surface area (Å²) in [6.45, 7) is 6.77. The van der Waals surface area contributed by atoms with Crippen molar-refractivity contribution in [2.24, 2.45) is 0 Å². The van der Waals surface area contributed by atoms with Crippen molar-refractivity contribution >= 4 is 17.2 Å². The fourth-order valence-electron chi connectivity index (χ4n) is 2.79. The van der Waals surface area contributed by atoms with Crippen LogP contribution in [0.25, 0.3) is 10.6 Å². The van der Waals surface area contributed by atoms with E-state index in [2.05, 4.69) is 20.3 Å². The average Bonchev–Trinajstić information content (AvgIpc) is 3.12. The lowest BCUT2D eigenvalue weighted by Gasteiger charge is -2.20. The molecular weight excluding hydrogens is 429 g/mol. The van der Waals surface area contributed by atoms with E-state index in [9.17, 15) is 23.1 Å². The van der Waals surface area contributed by atoms with Crippen molar-refractivity contribution in [1.82, 2.24) is 20.3 Å². The van der Waals surface area contributed by atoms with Crippen LogP contribution in [-0.2, 0) is 11.8 Å². The van der Waals surface area contributed by atoms with Crippen LogP contribution in [0.1, 0.15) is 59.0 Å². The molecule has 0 bridgehead atoms. The molecule has 3 aromatic rings. The third-order valence-electron chi connectivity index (χ3n) is 4.54. The number of benzene rings is 1. The van der Waals surface area contributed by atoms with Crippen molar-refractivity contribution in [3.05, 3.63) is 64.2 Å². The number of hydrogen-bond acceptors (Lipinski definition) is 6. The maximum atomic E-state index is 12.9. The zero-order valence-corrected chi connectivity index (χ0v) is 18.1. The Balaban J connectivity index is 1.88. The third kappa shape index (κ3) is 5.45. The van der Waals surface area contributed by atoms with Gasteiger partial charge in [-0.3, -0.25) is 4.79 Å². The summed E-state index contributed by atoms with van der Waals surface area (Å²) >= 11 is 1.46. The lowest BCUT2D eigenvalue weighted by molar-refractivity contribution is -0.145. The lowest BCUT2D eigenvalue weighted by Crippen LogP contribution is -2.28. The highest BCUT2D eigenvalue weighted by atomic mass is 32.1. The number of carbonyl (C=O) groups excluding carboxylic acids is 1. The molecule has 2 aromatic heterocycles. The first-order chi connectivity index (χ1) is 14.3. The van der Waals surface area contributed by atoms with Crippen molar-refractivity contribution in [2.45, 2.75) is 45.5 Å². The fourth-order valence-corrected chi connectivity index (χ4v) is 3.55. The number of aliphatic hydroxyl groups is 1. The molecule has 0 saturated carbocycles. The number of aromatic nitrogens is 3. The van der Waals surface area contributed by atoms with Gasteiger partial charge in [-0.25, -0.2) is 15.0 Å². The van der Waals surface area contributed by atoms with Crippen LogP contribution in [0.5, 0.6) is 0 Å². The zero-order valence-electron chi connectivity index (χ0n) is 17.3. The summed E-state index contributed by atoms with van der Waals surface area (Å²) in [5.41, 5.74) is 0.657. The van der Waals surface area contributed by atoms with Crippen LogP contribution < -0.4 is 5.32 Å².